The van der Waals surface area contributed by atoms with Crippen molar-refractivity contribution in [2.75, 3.05) is 5.32 Å². The van der Waals surface area contributed by atoms with Crippen LogP contribution in [0.15, 0.2) is 6.07 Å². The molecule has 1 fully saturated rings. The monoisotopic (exact) mass is 416 g/mol. The minimum Gasteiger partial charge on any atom is -0.374 e. The molecule has 7 nitrogen and oxygen atoms in total. The number of aromatic nitrogens is 3. The number of nitrogens with one attached hydrogen (secondary N) is 2. The summed E-state index contributed by atoms with van der Waals surface area (Å²) in [4.78, 5) is 6.59. The maximum absolute atomic E-state index is 15.3. The second-order valence-corrected chi connectivity index (χ2v) is 9.07. The van der Waals surface area contributed by atoms with E-state index in [-0.39, 0.29) is 24.4 Å². The van der Waals surface area contributed by atoms with E-state index < -0.39 is 12.0 Å². The highest BCUT2D eigenvalue weighted by Gasteiger charge is 2.32. The number of nitrogens with two attached hydrogens (primary N) is 1. The lowest BCUT2D eigenvalue weighted by molar-refractivity contribution is 0.152. The number of rotatable bonds is 3. The van der Waals surface area contributed by atoms with Crippen LogP contribution < -0.4 is 16.4 Å². The summed E-state index contributed by atoms with van der Waals surface area (Å²) in [6, 6.07) is 2.03. The molecule has 4 heterocycles. The minimum atomic E-state index is -0.933. The van der Waals surface area contributed by atoms with Crippen LogP contribution in [0.3, 0.4) is 0 Å². The number of nitrogens with zero attached hydrogens (tertiary/aromatic N) is 3. The van der Waals surface area contributed by atoms with Gasteiger partial charge in [0.15, 0.2) is 11.6 Å². The summed E-state index contributed by atoms with van der Waals surface area (Å²) in [6.45, 7) is 2.24. The van der Waals surface area contributed by atoms with Crippen molar-refractivity contribution in [1.82, 2.24) is 20.1 Å². The van der Waals surface area contributed by atoms with Gasteiger partial charge in [-0.25, -0.2) is 9.37 Å². The van der Waals surface area contributed by atoms with Gasteiger partial charge in [-0.15, -0.1) is 11.3 Å². The number of halogens is 1. The molecule has 5 N–H and O–H groups in total. The molecule has 3 aromatic rings. The number of aliphatic hydroxyl groups is 1. The molecule has 9 heteroatoms. The van der Waals surface area contributed by atoms with E-state index in [0.717, 1.165) is 46.5 Å². The first-order chi connectivity index (χ1) is 13.9. The quantitative estimate of drug-likeness (QED) is 0.524. The molecule has 0 saturated heterocycles. The zero-order valence-electron chi connectivity index (χ0n) is 16.5. The Morgan fingerprint density at radius 3 is 2.93 bits per heavy atom. The van der Waals surface area contributed by atoms with E-state index in [0.29, 0.717) is 16.8 Å². The number of hydrogen-bond acceptors (Lipinski definition) is 7. The van der Waals surface area contributed by atoms with Crippen molar-refractivity contribution in [3.63, 3.8) is 0 Å². The van der Waals surface area contributed by atoms with Gasteiger partial charge in [-0.05, 0) is 25.8 Å². The second-order valence-electron chi connectivity index (χ2n) is 8.04. The summed E-state index contributed by atoms with van der Waals surface area (Å²) in [5, 5.41) is 22.2. The van der Waals surface area contributed by atoms with Crippen LogP contribution in [0, 0.1) is 12.7 Å². The Morgan fingerprint density at radius 1 is 1.38 bits per heavy atom. The summed E-state index contributed by atoms with van der Waals surface area (Å²) in [7, 11) is 1.91. The third-order valence-electron chi connectivity index (χ3n) is 6.09. The number of hydrogen-bond donors (Lipinski definition) is 4. The maximum atomic E-state index is 15.3. The lowest BCUT2D eigenvalue weighted by atomic mass is 9.91. The number of fused-ring (bicyclic) bond motifs is 2. The smallest absolute Gasteiger partial charge is 0.170 e. The molecule has 0 spiro atoms. The molecule has 0 aromatic carbocycles. The molecule has 0 bridgehead atoms. The Morgan fingerprint density at radius 2 is 2.17 bits per heavy atom. The van der Waals surface area contributed by atoms with E-state index >= 15 is 4.39 Å². The SMILES string of the molecule is Cc1nn(C)c2sc(-c3nc(NC4CCCCC4N)c(F)c4c3C(O)NC4)cc12. The van der Waals surface area contributed by atoms with Gasteiger partial charge < -0.3 is 16.2 Å². The Labute approximate surface area is 172 Å². The van der Waals surface area contributed by atoms with E-state index in [1.54, 1.807) is 11.3 Å². The third kappa shape index (κ3) is 3.04. The molecule has 3 atom stereocenters. The van der Waals surface area contributed by atoms with Crippen molar-refractivity contribution < 1.29 is 9.50 Å². The number of aliphatic hydroxyl groups excluding tert-OH is 1. The van der Waals surface area contributed by atoms with Crippen molar-refractivity contribution in [2.24, 2.45) is 12.8 Å². The molecule has 1 saturated carbocycles. The highest BCUT2D eigenvalue weighted by molar-refractivity contribution is 7.21. The summed E-state index contributed by atoms with van der Waals surface area (Å²) in [5.74, 6) is -0.172. The van der Waals surface area contributed by atoms with Gasteiger partial charge in [0.25, 0.3) is 0 Å². The zero-order chi connectivity index (χ0) is 20.3. The number of thiophene rings is 1. The maximum Gasteiger partial charge on any atom is 0.170 e. The van der Waals surface area contributed by atoms with Gasteiger partial charge in [-0.1, -0.05) is 12.8 Å². The standard InChI is InChI=1S/C20H25FN6OS/c1-9-10-7-14(29-20(10)27(2)26-9)17-15-11(8-23-19(15)28)16(21)18(25-17)24-13-6-4-3-5-12(13)22/h7,12-13,19,23,28H,3-6,8,22H2,1-2H3,(H,24,25). The van der Waals surface area contributed by atoms with Crippen molar-refractivity contribution in [3.05, 3.63) is 28.7 Å². The zero-order valence-corrected chi connectivity index (χ0v) is 17.3. The van der Waals surface area contributed by atoms with Gasteiger partial charge in [0.2, 0.25) is 0 Å². The van der Waals surface area contributed by atoms with E-state index in [4.69, 9.17) is 5.73 Å². The van der Waals surface area contributed by atoms with Crippen molar-refractivity contribution in [3.8, 4) is 10.6 Å². The Hall–Kier alpha value is -2.07. The van der Waals surface area contributed by atoms with Crippen molar-refractivity contribution >= 4 is 27.4 Å². The van der Waals surface area contributed by atoms with Crippen LogP contribution in [0.5, 0.6) is 0 Å². The van der Waals surface area contributed by atoms with Crippen LogP contribution in [-0.4, -0.2) is 32.0 Å². The molecular weight excluding hydrogens is 391 g/mol. The molecule has 1 aliphatic carbocycles. The molecule has 0 amide bonds. The van der Waals surface area contributed by atoms with Gasteiger partial charge in [0, 0.05) is 42.2 Å². The highest BCUT2D eigenvalue weighted by Crippen LogP contribution is 2.41. The molecule has 2 aliphatic rings. The summed E-state index contributed by atoms with van der Waals surface area (Å²) in [5.41, 5.74) is 8.81. The predicted molar refractivity (Wildman–Crippen MR) is 112 cm³/mol. The van der Waals surface area contributed by atoms with E-state index in [1.165, 1.54) is 0 Å². The van der Waals surface area contributed by atoms with Gasteiger partial charge >= 0.3 is 0 Å². The first-order valence-corrected chi connectivity index (χ1v) is 10.8. The molecular formula is C20H25FN6OS. The summed E-state index contributed by atoms with van der Waals surface area (Å²) in [6.07, 6.45) is 3.09. The Kier molecular flexibility index (Phi) is 4.58. The minimum absolute atomic E-state index is 0.00443. The van der Waals surface area contributed by atoms with Crippen LogP contribution in [0.2, 0.25) is 0 Å². The normalized spacial score (nSPS) is 24.2. The predicted octanol–water partition coefficient (Wildman–Crippen LogP) is 2.92. The molecule has 3 unspecified atom stereocenters. The number of aryl methyl sites for hydroxylation is 2. The fourth-order valence-electron chi connectivity index (χ4n) is 4.51. The van der Waals surface area contributed by atoms with E-state index in [9.17, 15) is 5.11 Å². The van der Waals surface area contributed by atoms with Gasteiger partial charge in [-0.3, -0.25) is 10.00 Å². The molecule has 0 radical (unpaired) electrons. The molecule has 154 valence electrons. The van der Waals surface area contributed by atoms with Gasteiger partial charge in [0.1, 0.15) is 11.1 Å². The first-order valence-electron chi connectivity index (χ1n) is 10.0. The van der Waals surface area contributed by atoms with E-state index in [2.05, 4.69) is 20.7 Å². The fourth-order valence-corrected chi connectivity index (χ4v) is 5.64. The average molecular weight is 417 g/mol. The first kappa shape index (κ1) is 18.9. The lowest BCUT2D eigenvalue weighted by Gasteiger charge is -2.30. The number of anilines is 1. The third-order valence-corrected chi connectivity index (χ3v) is 7.30. The van der Waals surface area contributed by atoms with E-state index in [1.807, 2.05) is 24.7 Å². The van der Waals surface area contributed by atoms with Crippen LogP contribution in [0.4, 0.5) is 10.2 Å². The fraction of sp³-hybridized carbons (Fsp3) is 0.500. The Balaban J connectivity index is 1.63. The van der Waals surface area contributed by atoms with Crippen molar-refractivity contribution in [1.29, 1.82) is 0 Å². The van der Waals surface area contributed by atoms with Crippen LogP contribution in [-0.2, 0) is 13.6 Å². The largest absolute Gasteiger partial charge is 0.374 e. The summed E-state index contributed by atoms with van der Waals surface area (Å²) >= 11 is 1.55. The Bertz CT molecular complexity index is 1060. The van der Waals surface area contributed by atoms with Crippen LogP contribution >= 0.6 is 11.3 Å². The highest BCUT2D eigenvalue weighted by atomic mass is 32.1. The molecule has 5 rings (SSSR count). The van der Waals surface area contributed by atoms with Crippen molar-refractivity contribution in [2.45, 2.75) is 57.5 Å². The molecule has 3 aromatic heterocycles. The molecule has 29 heavy (non-hydrogen) atoms. The molecule has 1 aliphatic heterocycles. The lowest BCUT2D eigenvalue weighted by Crippen LogP contribution is -2.43. The summed E-state index contributed by atoms with van der Waals surface area (Å²) < 4.78 is 17.1. The van der Waals surface area contributed by atoms with Gasteiger partial charge in [-0.2, -0.15) is 5.10 Å². The van der Waals surface area contributed by atoms with Gasteiger partial charge in [0.05, 0.1) is 16.3 Å². The average Bonchev–Trinajstić information content (AvgIpc) is 3.36. The van der Waals surface area contributed by atoms with Crippen LogP contribution in [0.1, 0.15) is 48.7 Å². The van der Waals surface area contributed by atoms with Crippen LogP contribution in [0.25, 0.3) is 20.8 Å². The topological polar surface area (TPSA) is 101 Å². The number of pyridine rings is 1. The second kappa shape index (κ2) is 7.02.